The maximum absolute atomic E-state index is 10.9. The molecule has 1 saturated carbocycles. The Hall–Kier alpha value is -1.69. The Morgan fingerprint density at radius 2 is 2.33 bits per heavy atom. The Labute approximate surface area is 106 Å². The number of nitrogens with zero attached hydrogens (tertiary/aromatic N) is 2. The van der Waals surface area contributed by atoms with Gasteiger partial charge in [-0.2, -0.15) is 0 Å². The van der Waals surface area contributed by atoms with E-state index in [1.807, 2.05) is 6.92 Å². The Morgan fingerprint density at radius 1 is 1.61 bits per heavy atom. The van der Waals surface area contributed by atoms with Gasteiger partial charge in [0, 0.05) is 24.9 Å². The molecule has 0 saturated heterocycles. The zero-order valence-corrected chi connectivity index (χ0v) is 10.5. The van der Waals surface area contributed by atoms with Gasteiger partial charge in [0.2, 0.25) is 5.82 Å². The molecular weight excluding hydrogens is 234 g/mol. The lowest BCUT2D eigenvalue weighted by Crippen LogP contribution is -2.41. The number of pyridine rings is 1. The second kappa shape index (κ2) is 5.30. The summed E-state index contributed by atoms with van der Waals surface area (Å²) >= 11 is 0. The highest BCUT2D eigenvalue weighted by molar-refractivity contribution is 5.57. The van der Waals surface area contributed by atoms with E-state index in [4.69, 9.17) is 4.74 Å². The lowest BCUT2D eigenvalue weighted by molar-refractivity contribution is -0.384. The van der Waals surface area contributed by atoms with Crippen molar-refractivity contribution in [1.29, 1.82) is 0 Å². The van der Waals surface area contributed by atoms with Gasteiger partial charge in [0.15, 0.2) is 0 Å². The van der Waals surface area contributed by atoms with Gasteiger partial charge in [0.1, 0.15) is 0 Å². The van der Waals surface area contributed by atoms with E-state index in [1.54, 1.807) is 13.1 Å². The smallest absolute Gasteiger partial charge is 0.311 e. The van der Waals surface area contributed by atoms with E-state index in [9.17, 15) is 10.1 Å². The largest absolute Gasteiger partial charge is 0.378 e. The van der Waals surface area contributed by atoms with Crippen molar-refractivity contribution in [3.8, 4) is 0 Å². The Balaban J connectivity index is 2.00. The average molecular weight is 251 g/mol. The molecular formula is C12H17N3O3. The molecule has 1 heterocycles. The summed E-state index contributed by atoms with van der Waals surface area (Å²) in [6.45, 7) is 4.46. The van der Waals surface area contributed by atoms with Crippen LogP contribution in [0.3, 0.4) is 0 Å². The number of hydrogen-bond acceptors (Lipinski definition) is 5. The van der Waals surface area contributed by atoms with Gasteiger partial charge in [-0.05, 0) is 32.3 Å². The van der Waals surface area contributed by atoms with Crippen LogP contribution in [0, 0.1) is 17.0 Å². The molecule has 1 aromatic rings. The van der Waals surface area contributed by atoms with Crippen LogP contribution in [0.25, 0.3) is 0 Å². The number of nitro groups is 1. The number of aryl methyl sites for hydroxylation is 1. The quantitative estimate of drug-likeness (QED) is 0.641. The molecule has 0 aromatic carbocycles. The van der Waals surface area contributed by atoms with Crippen molar-refractivity contribution in [2.45, 2.75) is 38.8 Å². The average Bonchev–Trinajstić information content (AvgIpc) is 2.28. The van der Waals surface area contributed by atoms with Crippen LogP contribution in [0.1, 0.15) is 25.3 Å². The maximum atomic E-state index is 10.9. The van der Waals surface area contributed by atoms with Crippen molar-refractivity contribution in [2.75, 3.05) is 11.9 Å². The van der Waals surface area contributed by atoms with Crippen LogP contribution >= 0.6 is 0 Å². The fourth-order valence-electron chi connectivity index (χ4n) is 2.05. The lowest BCUT2D eigenvalue weighted by atomic mass is 9.89. The SMILES string of the molecule is CCOC1CC(Nc2ncc(C)cc2[N+](=O)[O-])C1. The zero-order chi connectivity index (χ0) is 13.1. The monoisotopic (exact) mass is 251 g/mol. The van der Waals surface area contributed by atoms with Crippen LogP contribution in [0.5, 0.6) is 0 Å². The van der Waals surface area contributed by atoms with Gasteiger partial charge in [-0.3, -0.25) is 10.1 Å². The first-order chi connectivity index (χ1) is 8.60. The van der Waals surface area contributed by atoms with Crippen LogP contribution in [0.2, 0.25) is 0 Å². The van der Waals surface area contributed by atoms with Crippen LogP contribution in [0.15, 0.2) is 12.3 Å². The first-order valence-corrected chi connectivity index (χ1v) is 6.09. The molecule has 6 nitrogen and oxygen atoms in total. The first kappa shape index (κ1) is 12.8. The van der Waals surface area contributed by atoms with Crippen molar-refractivity contribution in [3.63, 3.8) is 0 Å². The predicted octanol–water partition coefficient (Wildman–Crippen LogP) is 2.28. The van der Waals surface area contributed by atoms with Crippen molar-refractivity contribution >= 4 is 11.5 Å². The lowest BCUT2D eigenvalue weighted by Gasteiger charge is -2.35. The van der Waals surface area contributed by atoms with Crippen LogP contribution in [-0.4, -0.2) is 28.7 Å². The van der Waals surface area contributed by atoms with Gasteiger partial charge >= 0.3 is 5.69 Å². The fourth-order valence-corrected chi connectivity index (χ4v) is 2.05. The van der Waals surface area contributed by atoms with Gasteiger partial charge in [-0.1, -0.05) is 0 Å². The standard InChI is InChI=1S/C12H17N3O3/c1-3-18-10-5-9(6-10)14-12-11(15(16)17)4-8(2)7-13-12/h4,7,9-10H,3,5-6H2,1-2H3,(H,13,14). The minimum Gasteiger partial charge on any atom is -0.378 e. The number of aromatic nitrogens is 1. The Bertz CT molecular complexity index is 444. The summed E-state index contributed by atoms with van der Waals surface area (Å²) in [5, 5.41) is 14.0. The first-order valence-electron chi connectivity index (χ1n) is 6.09. The van der Waals surface area contributed by atoms with Gasteiger partial charge in [-0.25, -0.2) is 4.98 Å². The molecule has 0 radical (unpaired) electrons. The molecule has 18 heavy (non-hydrogen) atoms. The molecule has 0 spiro atoms. The number of anilines is 1. The number of rotatable bonds is 5. The normalized spacial score (nSPS) is 22.3. The van der Waals surface area contributed by atoms with Gasteiger partial charge in [0.25, 0.3) is 0 Å². The van der Waals surface area contributed by atoms with Crippen molar-refractivity contribution in [1.82, 2.24) is 4.98 Å². The zero-order valence-electron chi connectivity index (χ0n) is 10.5. The van der Waals surface area contributed by atoms with E-state index in [0.717, 1.165) is 18.4 Å². The molecule has 6 heteroatoms. The molecule has 0 amide bonds. The summed E-state index contributed by atoms with van der Waals surface area (Å²) in [5.41, 5.74) is 0.822. The van der Waals surface area contributed by atoms with E-state index < -0.39 is 4.92 Å². The molecule has 1 fully saturated rings. The summed E-state index contributed by atoms with van der Waals surface area (Å²) in [6.07, 6.45) is 3.66. The molecule has 1 N–H and O–H groups in total. The highest BCUT2D eigenvalue weighted by Gasteiger charge is 2.31. The third-order valence-corrected chi connectivity index (χ3v) is 3.04. The summed E-state index contributed by atoms with van der Waals surface area (Å²) < 4.78 is 5.45. The molecule has 1 aliphatic rings. The third kappa shape index (κ3) is 2.76. The number of nitrogens with one attached hydrogen (secondary N) is 1. The second-order valence-electron chi connectivity index (χ2n) is 4.53. The van der Waals surface area contributed by atoms with Gasteiger partial charge in [-0.15, -0.1) is 0 Å². The predicted molar refractivity (Wildman–Crippen MR) is 67.7 cm³/mol. The third-order valence-electron chi connectivity index (χ3n) is 3.04. The molecule has 0 aliphatic heterocycles. The van der Waals surface area contributed by atoms with E-state index in [-0.39, 0.29) is 17.8 Å². The summed E-state index contributed by atoms with van der Waals surface area (Å²) in [4.78, 5) is 14.6. The molecule has 98 valence electrons. The van der Waals surface area contributed by atoms with E-state index >= 15 is 0 Å². The van der Waals surface area contributed by atoms with E-state index in [1.165, 1.54) is 6.07 Å². The highest BCUT2D eigenvalue weighted by Crippen LogP contribution is 2.30. The maximum Gasteiger partial charge on any atom is 0.311 e. The number of ether oxygens (including phenoxy) is 1. The van der Waals surface area contributed by atoms with Crippen molar-refractivity contribution in [2.24, 2.45) is 0 Å². The van der Waals surface area contributed by atoms with Crippen LogP contribution in [0.4, 0.5) is 11.5 Å². The van der Waals surface area contributed by atoms with Crippen LogP contribution < -0.4 is 5.32 Å². The summed E-state index contributed by atoms with van der Waals surface area (Å²) in [5.74, 6) is 0.352. The topological polar surface area (TPSA) is 77.3 Å². The molecule has 1 aliphatic carbocycles. The van der Waals surface area contributed by atoms with Gasteiger partial charge in [0.05, 0.1) is 11.0 Å². The highest BCUT2D eigenvalue weighted by atomic mass is 16.6. The van der Waals surface area contributed by atoms with Crippen molar-refractivity contribution < 1.29 is 9.66 Å². The van der Waals surface area contributed by atoms with E-state index in [2.05, 4.69) is 10.3 Å². The summed E-state index contributed by atoms with van der Waals surface area (Å²) in [7, 11) is 0. The number of hydrogen-bond donors (Lipinski definition) is 1. The van der Waals surface area contributed by atoms with E-state index in [0.29, 0.717) is 12.4 Å². The molecule has 0 bridgehead atoms. The molecule has 1 aromatic heterocycles. The summed E-state index contributed by atoms with van der Waals surface area (Å²) in [6, 6.07) is 1.75. The second-order valence-corrected chi connectivity index (χ2v) is 4.53. The molecule has 0 atom stereocenters. The fraction of sp³-hybridized carbons (Fsp3) is 0.583. The Kier molecular flexibility index (Phi) is 3.76. The van der Waals surface area contributed by atoms with Crippen LogP contribution in [-0.2, 0) is 4.74 Å². The van der Waals surface area contributed by atoms with Crippen molar-refractivity contribution in [3.05, 3.63) is 27.9 Å². The minimum absolute atomic E-state index is 0.0369. The van der Waals surface area contributed by atoms with Gasteiger partial charge < -0.3 is 10.1 Å². The minimum atomic E-state index is -0.402. The molecule has 0 unspecified atom stereocenters. The molecule has 2 rings (SSSR count). The Morgan fingerprint density at radius 3 is 2.94 bits per heavy atom.